The van der Waals surface area contributed by atoms with Crippen molar-refractivity contribution in [3.63, 3.8) is 0 Å². The normalized spacial score (nSPS) is 9.50. The molecule has 1 aromatic carbocycles. The summed E-state index contributed by atoms with van der Waals surface area (Å²) in [7, 11) is 0. The summed E-state index contributed by atoms with van der Waals surface area (Å²) in [4.78, 5) is 20.5. The van der Waals surface area contributed by atoms with Crippen molar-refractivity contribution in [3.05, 3.63) is 37.8 Å². The first-order valence-electron chi connectivity index (χ1n) is 4.05. The van der Waals surface area contributed by atoms with Gasteiger partial charge in [0.05, 0.1) is 15.8 Å². The molecule has 6 nitrogen and oxygen atoms in total. The summed E-state index contributed by atoms with van der Waals surface area (Å²) in [6, 6.07) is 4.39. The Labute approximate surface area is 98.4 Å². The second-order valence-corrected chi connectivity index (χ2v) is 3.72. The topological polar surface area (TPSA) is 104 Å². The molecule has 0 spiro atoms. The fraction of sp³-hybridized carbons (Fsp3) is 0.111. The van der Waals surface area contributed by atoms with Gasteiger partial charge in [0.2, 0.25) is 0 Å². The molecule has 0 aliphatic carbocycles. The summed E-state index contributed by atoms with van der Waals surface area (Å²) in [5.74, 6) is -1.15. The van der Waals surface area contributed by atoms with Crippen molar-refractivity contribution >= 4 is 27.6 Å². The van der Waals surface area contributed by atoms with E-state index in [2.05, 4.69) is 15.9 Å². The number of rotatable bonds is 3. The Morgan fingerprint density at radius 1 is 1.62 bits per heavy atom. The Kier molecular flexibility index (Phi) is 3.58. The predicted octanol–water partition coefficient (Wildman–Crippen LogP) is 1.86. The van der Waals surface area contributed by atoms with Gasteiger partial charge in [0.15, 0.2) is 0 Å². The molecule has 0 unspecified atom stereocenters. The fourth-order valence-electron chi connectivity index (χ4n) is 1.22. The summed E-state index contributed by atoms with van der Waals surface area (Å²) < 4.78 is 0.156. The molecular formula is C9H5BrN2O4. The quantitative estimate of drug-likeness (QED) is 0.674. The van der Waals surface area contributed by atoms with Gasteiger partial charge in [-0.15, -0.1) is 0 Å². The van der Waals surface area contributed by atoms with Gasteiger partial charge < -0.3 is 5.11 Å². The van der Waals surface area contributed by atoms with Gasteiger partial charge >= 0.3 is 11.7 Å². The van der Waals surface area contributed by atoms with E-state index in [0.29, 0.717) is 0 Å². The number of nitro groups is 1. The number of hydrogen-bond donors (Lipinski definition) is 1. The van der Waals surface area contributed by atoms with Gasteiger partial charge in [-0.05, 0) is 27.6 Å². The van der Waals surface area contributed by atoms with Crippen LogP contribution in [0.5, 0.6) is 0 Å². The highest BCUT2D eigenvalue weighted by Gasteiger charge is 2.22. The number of halogens is 1. The number of aliphatic carboxylic acids is 1. The van der Waals surface area contributed by atoms with E-state index in [4.69, 9.17) is 10.4 Å². The maximum absolute atomic E-state index is 10.7. The van der Waals surface area contributed by atoms with Crippen LogP contribution in [0.15, 0.2) is 16.6 Å². The second-order valence-electron chi connectivity index (χ2n) is 2.87. The Balaban J connectivity index is 3.44. The summed E-state index contributed by atoms with van der Waals surface area (Å²) in [5, 5.41) is 28.1. The maximum atomic E-state index is 10.7. The molecule has 16 heavy (non-hydrogen) atoms. The van der Waals surface area contributed by atoms with Crippen molar-refractivity contribution in [1.29, 1.82) is 5.26 Å². The van der Waals surface area contributed by atoms with E-state index in [0.717, 1.165) is 0 Å². The smallest absolute Gasteiger partial charge is 0.307 e. The fourth-order valence-corrected chi connectivity index (χ4v) is 1.70. The molecule has 0 aromatic heterocycles. The molecule has 1 aromatic rings. The molecule has 7 heteroatoms. The molecule has 0 saturated carbocycles. The zero-order valence-electron chi connectivity index (χ0n) is 7.81. The summed E-state index contributed by atoms with van der Waals surface area (Å²) >= 11 is 2.95. The van der Waals surface area contributed by atoms with Crippen molar-refractivity contribution in [3.8, 4) is 6.07 Å². The highest BCUT2D eigenvalue weighted by atomic mass is 79.9. The standard InChI is InChI=1S/C9H5BrN2O4/c10-7-2-1-5(3-8(13)14)6(4-11)9(7)12(15)16/h1-2H,3H2,(H,13,14). The maximum Gasteiger partial charge on any atom is 0.307 e. The Hall–Kier alpha value is -1.94. The lowest BCUT2D eigenvalue weighted by atomic mass is 10.0. The number of carboxylic acids is 1. The van der Waals surface area contributed by atoms with Gasteiger partial charge in [0.25, 0.3) is 0 Å². The molecule has 0 fully saturated rings. The van der Waals surface area contributed by atoms with Crippen LogP contribution in [0.25, 0.3) is 0 Å². The van der Waals surface area contributed by atoms with Crippen molar-refractivity contribution in [1.82, 2.24) is 0 Å². The van der Waals surface area contributed by atoms with Gasteiger partial charge in [-0.1, -0.05) is 6.07 Å². The van der Waals surface area contributed by atoms with Crippen LogP contribution >= 0.6 is 15.9 Å². The molecule has 0 atom stereocenters. The number of nitrogens with zero attached hydrogens (tertiary/aromatic N) is 2. The van der Waals surface area contributed by atoms with Crippen molar-refractivity contribution < 1.29 is 14.8 Å². The highest BCUT2D eigenvalue weighted by Crippen LogP contribution is 2.31. The monoisotopic (exact) mass is 284 g/mol. The molecule has 0 aliphatic heterocycles. The molecule has 0 bridgehead atoms. The van der Waals surface area contributed by atoms with Gasteiger partial charge in [-0.2, -0.15) is 5.26 Å². The molecule has 0 radical (unpaired) electrons. The minimum absolute atomic E-state index is 0.130. The molecule has 82 valence electrons. The molecule has 0 heterocycles. The van der Waals surface area contributed by atoms with Crippen LogP contribution < -0.4 is 0 Å². The van der Waals surface area contributed by atoms with E-state index in [1.54, 1.807) is 6.07 Å². The molecule has 1 N–H and O–H groups in total. The minimum Gasteiger partial charge on any atom is -0.481 e. The summed E-state index contributed by atoms with van der Waals surface area (Å²) in [6.07, 6.45) is -0.420. The van der Waals surface area contributed by atoms with Gasteiger partial charge in [0.1, 0.15) is 11.6 Å². The van der Waals surface area contributed by atoms with E-state index in [-0.39, 0.29) is 15.6 Å². The lowest BCUT2D eigenvalue weighted by molar-refractivity contribution is -0.386. The Morgan fingerprint density at radius 3 is 2.69 bits per heavy atom. The molecule has 0 aliphatic rings. The third-order valence-corrected chi connectivity index (χ3v) is 2.49. The first-order valence-corrected chi connectivity index (χ1v) is 4.84. The van der Waals surface area contributed by atoms with E-state index in [1.807, 2.05) is 0 Å². The average molecular weight is 285 g/mol. The van der Waals surface area contributed by atoms with Gasteiger partial charge in [-0.3, -0.25) is 14.9 Å². The molecular weight excluding hydrogens is 280 g/mol. The van der Waals surface area contributed by atoms with Gasteiger partial charge in [0, 0.05) is 0 Å². The average Bonchev–Trinajstić information content (AvgIpc) is 2.18. The lowest BCUT2D eigenvalue weighted by Crippen LogP contribution is -2.05. The number of hydrogen-bond acceptors (Lipinski definition) is 4. The van der Waals surface area contributed by atoms with Gasteiger partial charge in [-0.25, -0.2) is 0 Å². The van der Waals surface area contributed by atoms with Crippen molar-refractivity contribution in [2.75, 3.05) is 0 Å². The third-order valence-electron chi connectivity index (χ3n) is 1.85. The number of carbonyl (C=O) groups is 1. The van der Waals surface area contributed by atoms with Crippen molar-refractivity contribution in [2.45, 2.75) is 6.42 Å². The summed E-state index contributed by atoms with van der Waals surface area (Å²) in [5.41, 5.74) is -0.493. The Bertz CT molecular complexity index is 507. The predicted molar refractivity (Wildman–Crippen MR) is 56.9 cm³/mol. The second kappa shape index (κ2) is 4.72. The van der Waals surface area contributed by atoms with E-state index in [1.165, 1.54) is 12.1 Å². The van der Waals surface area contributed by atoms with Crippen LogP contribution in [-0.4, -0.2) is 16.0 Å². The third kappa shape index (κ3) is 2.35. The Morgan fingerprint density at radius 2 is 2.25 bits per heavy atom. The van der Waals surface area contributed by atoms with E-state index >= 15 is 0 Å². The van der Waals surface area contributed by atoms with E-state index < -0.39 is 23.0 Å². The van der Waals surface area contributed by atoms with Crippen LogP contribution in [0.2, 0.25) is 0 Å². The van der Waals surface area contributed by atoms with Crippen molar-refractivity contribution in [2.24, 2.45) is 0 Å². The molecule has 1 rings (SSSR count). The molecule has 0 saturated heterocycles. The highest BCUT2D eigenvalue weighted by molar-refractivity contribution is 9.10. The number of benzene rings is 1. The zero-order chi connectivity index (χ0) is 12.3. The number of carboxylic acid groups (broad SMARTS) is 1. The number of nitriles is 1. The van der Waals surface area contributed by atoms with Crippen LogP contribution in [0.1, 0.15) is 11.1 Å². The summed E-state index contributed by atoms with van der Waals surface area (Å²) in [6.45, 7) is 0. The first kappa shape index (κ1) is 12.1. The lowest BCUT2D eigenvalue weighted by Gasteiger charge is -2.03. The van der Waals surface area contributed by atoms with E-state index in [9.17, 15) is 14.9 Å². The SMILES string of the molecule is N#Cc1c(CC(=O)O)ccc(Br)c1[N+](=O)[O-]. The minimum atomic E-state index is -1.15. The molecule has 0 amide bonds. The van der Waals surface area contributed by atoms with Crippen LogP contribution in [0.3, 0.4) is 0 Å². The zero-order valence-corrected chi connectivity index (χ0v) is 9.39. The number of nitro benzene ring substituents is 1. The first-order chi connectivity index (χ1) is 7.47. The largest absolute Gasteiger partial charge is 0.481 e. The van der Waals surface area contributed by atoms with Crippen LogP contribution in [0.4, 0.5) is 5.69 Å². The van der Waals surface area contributed by atoms with Crippen LogP contribution in [-0.2, 0) is 11.2 Å². The van der Waals surface area contributed by atoms with Crippen LogP contribution in [0, 0.1) is 21.4 Å².